The van der Waals surface area contributed by atoms with Crippen LogP contribution in [0, 0.1) is 0 Å². The zero-order valence-corrected chi connectivity index (χ0v) is 14.1. The molecule has 0 bridgehead atoms. The van der Waals surface area contributed by atoms with Gasteiger partial charge in [0.15, 0.2) is 0 Å². The molecule has 80 valence electrons. The summed E-state index contributed by atoms with van der Waals surface area (Å²) in [5, 5.41) is 0. The van der Waals surface area contributed by atoms with Gasteiger partial charge in [0.1, 0.15) is 0 Å². The molecule has 4 aliphatic rings. The topological polar surface area (TPSA) is 0 Å². The monoisotopic (exact) mass is 364 g/mol. The van der Waals surface area contributed by atoms with Gasteiger partial charge in [-0.25, -0.2) is 0 Å². The third kappa shape index (κ3) is 0.570. The summed E-state index contributed by atoms with van der Waals surface area (Å²) in [6.45, 7) is 7.14. The fourth-order valence-corrected chi connectivity index (χ4v) is 58.7. The van der Waals surface area contributed by atoms with Gasteiger partial charge in [-0.15, -0.1) is 0 Å². The van der Waals surface area contributed by atoms with Crippen molar-refractivity contribution in [2.24, 2.45) is 0 Å². The predicted molar refractivity (Wildman–Crippen MR) is 67.5 cm³/mol. The second-order valence-corrected chi connectivity index (χ2v) is 24.7. The first-order valence-corrected chi connectivity index (χ1v) is 17.1. The van der Waals surface area contributed by atoms with Crippen LogP contribution in [0.25, 0.3) is 0 Å². The van der Waals surface area contributed by atoms with Crippen molar-refractivity contribution in [1.29, 1.82) is 0 Å². The van der Waals surface area contributed by atoms with E-state index >= 15 is 0 Å². The average Bonchev–Trinajstić information content (AvgIpc) is 3.06. The Balaban J connectivity index is 1.81. The molecule has 0 atom stereocenters. The van der Waals surface area contributed by atoms with E-state index in [-0.39, 0.29) is 0 Å². The SMILES string of the molecule is CCC[C]12[C]3(CCC)[C]1(CCC)[Sn]23[Br]. The summed E-state index contributed by atoms with van der Waals surface area (Å²) < 4.78 is 3.03. The standard InChI is InChI=1S/C12H21.BrH.Sn/c1-4-7-10-11(8-5-2)12(10)9-6-3;;/h4-9H2,1-3H3;1H;/q;;+1/p-1. The molecule has 4 fully saturated rings. The average molecular weight is 364 g/mol. The van der Waals surface area contributed by atoms with E-state index in [0.29, 0.717) is 0 Å². The zero-order chi connectivity index (χ0) is 10.2. The number of hydrogen-bond donors (Lipinski definition) is 0. The molecular formula is C12H21BrSn. The molecule has 1 aliphatic carbocycles. The Kier molecular flexibility index (Phi) is 1.92. The van der Waals surface area contributed by atoms with Crippen molar-refractivity contribution in [3.63, 3.8) is 0 Å². The van der Waals surface area contributed by atoms with E-state index in [2.05, 4.69) is 33.5 Å². The van der Waals surface area contributed by atoms with Crippen LogP contribution in [-0.4, -0.2) is 16.2 Å². The quantitative estimate of drug-likeness (QED) is 0.583. The summed E-state index contributed by atoms with van der Waals surface area (Å²) in [4.78, 5) is 0. The zero-order valence-electron chi connectivity index (χ0n) is 9.62. The van der Waals surface area contributed by atoms with Crippen LogP contribution in [0.3, 0.4) is 0 Å². The molecule has 0 radical (unpaired) electrons. The Bertz CT molecular complexity index is 245. The Morgan fingerprint density at radius 1 is 0.786 bits per heavy atom. The van der Waals surface area contributed by atoms with Gasteiger partial charge in [0, 0.05) is 0 Å². The molecule has 0 N–H and O–H groups in total. The van der Waals surface area contributed by atoms with E-state index in [1.807, 2.05) is 0 Å². The first-order valence-electron chi connectivity index (χ1n) is 6.37. The summed E-state index contributed by atoms with van der Waals surface area (Å²) in [5.74, 6) is 0. The molecule has 0 aromatic carbocycles. The van der Waals surface area contributed by atoms with Crippen LogP contribution < -0.4 is 0 Å². The second-order valence-electron chi connectivity index (χ2n) is 5.62. The van der Waals surface area contributed by atoms with E-state index in [4.69, 9.17) is 0 Å². The maximum atomic E-state index is 4.28. The van der Waals surface area contributed by atoms with Crippen LogP contribution in [0.2, 0.25) is 10.3 Å². The van der Waals surface area contributed by atoms with Gasteiger partial charge in [0.05, 0.1) is 0 Å². The van der Waals surface area contributed by atoms with Gasteiger partial charge in [0.2, 0.25) is 0 Å². The Labute approximate surface area is 97.8 Å². The summed E-state index contributed by atoms with van der Waals surface area (Å²) in [5.41, 5.74) is 0. The van der Waals surface area contributed by atoms with Gasteiger partial charge in [-0.2, -0.15) is 0 Å². The first-order chi connectivity index (χ1) is 6.68. The fraction of sp³-hybridized carbons (Fsp3) is 1.00. The molecule has 3 aliphatic heterocycles. The van der Waals surface area contributed by atoms with Crippen molar-refractivity contribution in [2.75, 3.05) is 0 Å². The van der Waals surface area contributed by atoms with Gasteiger partial charge in [-0.05, 0) is 0 Å². The van der Waals surface area contributed by atoms with Gasteiger partial charge >= 0.3 is 98.4 Å². The van der Waals surface area contributed by atoms with Crippen LogP contribution in [0.15, 0.2) is 0 Å². The third-order valence-electron chi connectivity index (χ3n) is 5.57. The Morgan fingerprint density at radius 3 is 1.29 bits per heavy atom. The van der Waals surface area contributed by atoms with Crippen molar-refractivity contribution in [3.8, 4) is 0 Å². The molecule has 0 spiro atoms. The molecule has 0 aromatic rings. The van der Waals surface area contributed by atoms with Crippen molar-refractivity contribution >= 4 is 28.9 Å². The van der Waals surface area contributed by atoms with E-state index < -0.39 is 16.2 Å². The molecule has 14 heavy (non-hydrogen) atoms. The van der Waals surface area contributed by atoms with Crippen LogP contribution in [0.5, 0.6) is 0 Å². The number of halogens is 1. The molecule has 3 saturated heterocycles. The number of rotatable bonds is 6. The third-order valence-corrected chi connectivity index (χ3v) is 36.6. The van der Waals surface area contributed by atoms with Crippen LogP contribution in [0.1, 0.15) is 59.3 Å². The van der Waals surface area contributed by atoms with Gasteiger partial charge in [-0.3, -0.25) is 0 Å². The molecule has 0 nitrogen and oxygen atoms in total. The number of hydrogen-bond acceptors (Lipinski definition) is 0. The summed E-state index contributed by atoms with van der Waals surface area (Å²) in [6, 6.07) is 0. The van der Waals surface area contributed by atoms with Crippen molar-refractivity contribution in [3.05, 3.63) is 0 Å². The van der Waals surface area contributed by atoms with E-state index in [9.17, 15) is 0 Å². The second kappa shape index (κ2) is 2.57. The molecule has 1 saturated carbocycles. The van der Waals surface area contributed by atoms with E-state index in [0.717, 1.165) is 10.3 Å². The van der Waals surface area contributed by atoms with Crippen molar-refractivity contribution < 1.29 is 0 Å². The van der Waals surface area contributed by atoms with Crippen LogP contribution in [0.4, 0.5) is 0 Å². The maximum absolute atomic E-state index is 4.28. The van der Waals surface area contributed by atoms with Crippen molar-refractivity contribution in [1.82, 2.24) is 0 Å². The molecular weight excluding hydrogens is 343 g/mol. The van der Waals surface area contributed by atoms with Gasteiger partial charge in [0.25, 0.3) is 0 Å². The molecule has 0 unspecified atom stereocenters. The molecule has 4 rings (SSSR count). The summed E-state index contributed by atoms with van der Waals surface area (Å²) >= 11 is 2.72. The molecule has 3 heterocycles. The molecule has 2 heteroatoms. The Hall–Kier alpha value is 1.28. The van der Waals surface area contributed by atoms with E-state index in [1.165, 1.54) is 19.3 Å². The normalized spacial score (nSPS) is 60.9. The van der Waals surface area contributed by atoms with E-state index in [1.54, 1.807) is 19.3 Å². The minimum absolute atomic E-state index is 1.01. The van der Waals surface area contributed by atoms with Crippen LogP contribution >= 0.6 is 12.7 Å². The first kappa shape index (κ1) is 10.4. The minimum atomic E-state index is -1.56. The predicted octanol–water partition coefficient (Wildman–Crippen LogP) is 4.99. The van der Waals surface area contributed by atoms with Crippen LogP contribution in [-0.2, 0) is 0 Å². The van der Waals surface area contributed by atoms with Gasteiger partial charge < -0.3 is 0 Å². The fourth-order valence-electron chi connectivity index (χ4n) is 5.47. The summed E-state index contributed by atoms with van der Waals surface area (Å²) in [7, 11) is 0. The molecule has 0 amide bonds. The van der Waals surface area contributed by atoms with Crippen molar-refractivity contribution in [2.45, 2.75) is 69.6 Å². The Morgan fingerprint density at radius 2 is 1.07 bits per heavy atom. The van der Waals surface area contributed by atoms with Gasteiger partial charge in [-0.1, -0.05) is 0 Å². The summed E-state index contributed by atoms with van der Waals surface area (Å²) in [6.07, 6.45) is 9.03. The molecule has 0 aromatic heterocycles.